The molecule has 2 rings (SSSR count). The van der Waals surface area contributed by atoms with Gasteiger partial charge in [0.05, 0.1) is 21.3 Å². The van der Waals surface area contributed by atoms with Gasteiger partial charge in [-0.15, -0.1) is 0 Å². The number of halogens is 3. The number of hydrogen-bond acceptors (Lipinski definition) is 1. The Morgan fingerprint density at radius 1 is 1.10 bits per heavy atom. The summed E-state index contributed by atoms with van der Waals surface area (Å²) in [5.74, 6) is 6.04. The molecule has 1 amide bonds. The molecule has 0 aliphatic heterocycles. The number of nitrogens with one attached hydrogen (secondary N) is 1. The maximum atomic E-state index is 10.7. The molecule has 0 spiro atoms. The Morgan fingerprint density at radius 2 is 1.80 bits per heavy atom. The van der Waals surface area contributed by atoms with Crippen LogP contribution in [0.1, 0.15) is 11.1 Å². The molecule has 5 heteroatoms. The van der Waals surface area contributed by atoms with Gasteiger partial charge in [0.25, 0.3) is 0 Å². The van der Waals surface area contributed by atoms with E-state index < -0.39 is 0 Å². The van der Waals surface area contributed by atoms with E-state index in [4.69, 9.17) is 23.2 Å². The molecule has 0 unspecified atom stereocenters. The van der Waals surface area contributed by atoms with Gasteiger partial charge >= 0.3 is 0 Å². The van der Waals surface area contributed by atoms with E-state index in [1.165, 1.54) is 0 Å². The van der Waals surface area contributed by atoms with Crippen molar-refractivity contribution in [2.75, 3.05) is 5.32 Å². The number of rotatable bonds is 2. The second-order valence-electron chi connectivity index (χ2n) is 3.78. The molecule has 0 bridgehead atoms. The molecule has 0 aliphatic rings. The molecular formula is C15H8Cl2INO. The van der Waals surface area contributed by atoms with E-state index in [2.05, 4.69) is 39.7 Å². The topological polar surface area (TPSA) is 29.1 Å². The highest BCUT2D eigenvalue weighted by atomic mass is 127. The monoisotopic (exact) mass is 415 g/mol. The lowest BCUT2D eigenvalue weighted by molar-refractivity contribution is -0.105. The normalized spacial score (nSPS) is 9.55. The zero-order valence-electron chi connectivity index (χ0n) is 10.1. The van der Waals surface area contributed by atoms with E-state index in [-0.39, 0.29) is 0 Å². The van der Waals surface area contributed by atoms with Gasteiger partial charge < -0.3 is 5.32 Å². The molecule has 2 aromatic rings. The summed E-state index contributed by atoms with van der Waals surface area (Å²) in [5, 5.41) is 3.44. The van der Waals surface area contributed by atoms with Gasteiger partial charge in [0.2, 0.25) is 6.41 Å². The Labute approximate surface area is 140 Å². The average Bonchev–Trinajstić information content (AvgIpc) is 2.45. The molecule has 0 radical (unpaired) electrons. The van der Waals surface area contributed by atoms with Crippen LogP contribution in [0.3, 0.4) is 0 Å². The van der Waals surface area contributed by atoms with Crippen LogP contribution < -0.4 is 5.32 Å². The largest absolute Gasteiger partial charge is 0.326 e. The maximum absolute atomic E-state index is 10.7. The van der Waals surface area contributed by atoms with Gasteiger partial charge in [-0.1, -0.05) is 53.2 Å². The third kappa shape index (κ3) is 3.45. The first kappa shape index (κ1) is 15.2. The third-order valence-corrected chi connectivity index (χ3v) is 4.52. The minimum absolute atomic E-state index is 0.361. The van der Waals surface area contributed by atoms with Crippen molar-refractivity contribution >= 4 is 57.9 Å². The predicted octanol–water partition coefficient (Wildman–Crippen LogP) is 4.57. The van der Waals surface area contributed by atoms with Crippen LogP contribution in [-0.2, 0) is 4.79 Å². The molecule has 0 atom stereocenters. The van der Waals surface area contributed by atoms with Crippen LogP contribution in [0.25, 0.3) is 0 Å². The summed E-state index contributed by atoms with van der Waals surface area (Å²) in [6, 6.07) is 11.1. The summed E-state index contributed by atoms with van der Waals surface area (Å²) in [6.07, 6.45) is 0.568. The van der Waals surface area contributed by atoms with Crippen molar-refractivity contribution in [1.29, 1.82) is 0 Å². The summed E-state index contributed by atoms with van der Waals surface area (Å²) in [5.41, 5.74) is 1.95. The third-order valence-electron chi connectivity index (χ3n) is 2.48. The number of amides is 1. The summed E-state index contributed by atoms with van der Waals surface area (Å²) in [4.78, 5) is 10.7. The van der Waals surface area contributed by atoms with Crippen molar-refractivity contribution < 1.29 is 4.79 Å². The Bertz CT molecular complexity index is 705. The molecule has 0 aromatic heterocycles. The van der Waals surface area contributed by atoms with Gasteiger partial charge in [0.1, 0.15) is 0 Å². The SMILES string of the molecule is O=CNc1c(Cl)cc(Cl)c(I)c1C#Cc1ccccc1. The predicted molar refractivity (Wildman–Crippen MR) is 91.3 cm³/mol. The second-order valence-corrected chi connectivity index (χ2v) is 5.68. The zero-order valence-corrected chi connectivity index (χ0v) is 13.8. The molecule has 0 saturated heterocycles. The molecule has 20 heavy (non-hydrogen) atoms. The highest BCUT2D eigenvalue weighted by Gasteiger charge is 2.13. The van der Waals surface area contributed by atoms with E-state index >= 15 is 0 Å². The van der Waals surface area contributed by atoms with E-state index in [0.29, 0.717) is 27.7 Å². The first-order valence-electron chi connectivity index (χ1n) is 5.58. The van der Waals surface area contributed by atoms with Gasteiger partial charge in [-0.25, -0.2) is 0 Å². The van der Waals surface area contributed by atoms with Crippen LogP contribution in [0.5, 0.6) is 0 Å². The fraction of sp³-hybridized carbons (Fsp3) is 0. The lowest BCUT2D eigenvalue weighted by atomic mass is 10.1. The highest BCUT2D eigenvalue weighted by molar-refractivity contribution is 14.1. The first-order valence-corrected chi connectivity index (χ1v) is 7.41. The van der Waals surface area contributed by atoms with Crippen LogP contribution in [0, 0.1) is 15.4 Å². The van der Waals surface area contributed by atoms with Gasteiger partial charge in [0.15, 0.2) is 0 Å². The summed E-state index contributed by atoms with van der Waals surface area (Å²) in [6.45, 7) is 0. The summed E-state index contributed by atoms with van der Waals surface area (Å²) >= 11 is 14.3. The zero-order chi connectivity index (χ0) is 14.5. The first-order chi connectivity index (χ1) is 9.63. The molecule has 0 aliphatic carbocycles. The van der Waals surface area contributed by atoms with Crippen molar-refractivity contribution in [3.05, 3.63) is 61.1 Å². The Morgan fingerprint density at radius 3 is 2.45 bits per heavy atom. The fourth-order valence-corrected chi connectivity index (χ4v) is 2.65. The van der Waals surface area contributed by atoms with Gasteiger partial charge in [0, 0.05) is 9.13 Å². The van der Waals surface area contributed by atoms with Crippen LogP contribution in [-0.4, -0.2) is 6.41 Å². The van der Waals surface area contributed by atoms with E-state index in [0.717, 1.165) is 9.13 Å². The Balaban J connectivity index is 2.55. The van der Waals surface area contributed by atoms with Crippen LogP contribution in [0.15, 0.2) is 36.4 Å². The van der Waals surface area contributed by atoms with Gasteiger partial charge in [-0.3, -0.25) is 4.79 Å². The molecule has 0 saturated carbocycles. The average molecular weight is 416 g/mol. The fourth-order valence-electron chi connectivity index (χ4n) is 1.57. The Kier molecular flexibility index (Phi) is 5.30. The van der Waals surface area contributed by atoms with Crippen molar-refractivity contribution in [1.82, 2.24) is 0 Å². The lowest BCUT2D eigenvalue weighted by Gasteiger charge is -2.09. The van der Waals surface area contributed by atoms with Crippen LogP contribution >= 0.6 is 45.8 Å². The van der Waals surface area contributed by atoms with E-state index in [1.54, 1.807) is 6.07 Å². The number of hydrogen-bond donors (Lipinski definition) is 1. The number of carbonyl (C=O) groups excluding carboxylic acids is 1. The highest BCUT2D eigenvalue weighted by Crippen LogP contribution is 2.34. The van der Waals surface area contributed by atoms with Gasteiger partial charge in [-0.05, 0) is 40.8 Å². The van der Waals surface area contributed by atoms with Crippen molar-refractivity contribution in [3.8, 4) is 11.8 Å². The Hall–Kier alpha value is -1.22. The minimum atomic E-state index is 0.361. The number of anilines is 1. The van der Waals surface area contributed by atoms with Gasteiger partial charge in [-0.2, -0.15) is 0 Å². The molecular weight excluding hydrogens is 408 g/mol. The maximum Gasteiger partial charge on any atom is 0.211 e. The van der Waals surface area contributed by atoms with Crippen molar-refractivity contribution in [2.45, 2.75) is 0 Å². The molecule has 0 heterocycles. The summed E-state index contributed by atoms with van der Waals surface area (Å²) in [7, 11) is 0. The van der Waals surface area contributed by atoms with Crippen LogP contribution in [0.4, 0.5) is 5.69 Å². The smallest absolute Gasteiger partial charge is 0.211 e. The number of benzene rings is 2. The van der Waals surface area contributed by atoms with Crippen molar-refractivity contribution in [3.63, 3.8) is 0 Å². The molecule has 0 fully saturated rings. The molecule has 2 aromatic carbocycles. The van der Waals surface area contributed by atoms with Crippen LogP contribution in [0.2, 0.25) is 10.0 Å². The van der Waals surface area contributed by atoms with E-state index in [1.807, 2.05) is 30.3 Å². The molecule has 1 N–H and O–H groups in total. The van der Waals surface area contributed by atoms with E-state index in [9.17, 15) is 4.79 Å². The number of carbonyl (C=O) groups is 1. The standard InChI is InChI=1S/C15H8Cl2INO/c16-12-8-13(17)15(19-9-20)11(14(12)18)7-6-10-4-2-1-3-5-10/h1-5,8-9H,(H,19,20). The summed E-state index contributed by atoms with van der Waals surface area (Å²) < 4.78 is 0.751. The molecule has 100 valence electrons. The minimum Gasteiger partial charge on any atom is -0.326 e. The van der Waals surface area contributed by atoms with Crippen molar-refractivity contribution in [2.24, 2.45) is 0 Å². The molecule has 2 nitrogen and oxygen atoms in total. The lowest BCUT2D eigenvalue weighted by Crippen LogP contribution is -2.00. The second kappa shape index (κ2) is 6.98. The quantitative estimate of drug-likeness (QED) is 0.331.